The van der Waals surface area contributed by atoms with Crippen molar-refractivity contribution in [1.29, 1.82) is 0 Å². The van der Waals surface area contributed by atoms with Crippen molar-refractivity contribution < 1.29 is 9.47 Å². The Kier molecular flexibility index (Phi) is 5.19. The van der Waals surface area contributed by atoms with E-state index >= 15 is 0 Å². The van der Waals surface area contributed by atoms with E-state index in [4.69, 9.17) is 21.7 Å². The lowest BCUT2D eigenvalue weighted by atomic mass is 10.3. The van der Waals surface area contributed by atoms with Crippen LogP contribution in [0.2, 0.25) is 0 Å². The van der Waals surface area contributed by atoms with Gasteiger partial charge in [-0.05, 0) is 69.4 Å². The summed E-state index contributed by atoms with van der Waals surface area (Å²) in [5, 5.41) is 0.100. The minimum Gasteiger partial charge on any atom is -0.416 e. The number of thiocarbonyl (C=S) groups is 1. The number of hydrogen-bond acceptors (Lipinski definition) is 3. The van der Waals surface area contributed by atoms with Gasteiger partial charge in [-0.2, -0.15) is 0 Å². The van der Waals surface area contributed by atoms with Crippen LogP contribution in [-0.4, -0.2) is 5.24 Å². The zero-order valence-electron chi connectivity index (χ0n) is 9.10. The summed E-state index contributed by atoms with van der Waals surface area (Å²) in [6.07, 6.45) is 0. The van der Waals surface area contributed by atoms with E-state index in [1.807, 2.05) is 48.5 Å². The first-order valence-corrected chi connectivity index (χ1v) is 7.62. The molecule has 0 heterocycles. The van der Waals surface area contributed by atoms with Crippen LogP contribution in [0.15, 0.2) is 48.5 Å². The second-order valence-electron chi connectivity index (χ2n) is 3.31. The topological polar surface area (TPSA) is 18.5 Å². The molecule has 2 rings (SSSR count). The van der Waals surface area contributed by atoms with Crippen LogP contribution >= 0.6 is 57.4 Å². The Labute approximate surface area is 138 Å². The van der Waals surface area contributed by atoms with Crippen LogP contribution in [0.3, 0.4) is 0 Å². The predicted molar refractivity (Wildman–Crippen MR) is 92.2 cm³/mol. The first-order chi connectivity index (χ1) is 8.66. The average molecular weight is 482 g/mol. The molecule has 0 unspecified atom stereocenters. The van der Waals surface area contributed by atoms with E-state index in [0.717, 1.165) is 7.14 Å². The van der Waals surface area contributed by atoms with Crippen LogP contribution in [0.25, 0.3) is 0 Å². The summed E-state index contributed by atoms with van der Waals surface area (Å²) in [5.41, 5.74) is 0. The number of halogens is 2. The smallest absolute Gasteiger partial charge is 0.363 e. The Morgan fingerprint density at radius 2 is 1.17 bits per heavy atom. The molecule has 0 aromatic heterocycles. The largest absolute Gasteiger partial charge is 0.416 e. The van der Waals surface area contributed by atoms with Gasteiger partial charge in [-0.1, -0.05) is 24.3 Å². The van der Waals surface area contributed by atoms with Crippen LogP contribution in [0.4, 0.5) is 0 Å². The zero-order chi connectivity index (χ0) is 13.0. The van der Waals surface area contributed by atoms with Gasteiger partial charge in [-0.25, -0.2) is 0 Å². The van der Waals surface area contributed by atoms with E-state index in [1.165, 1.54) is 0 Å². The van der Waals surface area contributed by atoms with Crippen molar-refractivity contribution in [1.82, 2.24) is 0 Å². The lowest BCUT2D eigenvalue weighted by molar-refractivity contribution is 0.400. The molecule has 5 heteroatoms. The van der Waals surface area contributed by atoms with Gasteiger partial charge in [-0.3, -0.25) is 0 Å². The maximum Gasteiger partial charge on any atom is 0.363 e. The van der Waals surface area contributed by atoms with Crippen LogP contribution in [0, 0.1) is 7.14 Å². The molecular weight excluding hydrogens is 474 g/mol. The van der Waals surface area contributed by atoms with Crippen molar-refractivity contribution >= 4 is 62.6 Å². The molecule has 0 amide bonds. The van der Waals surface area contributed by atoms with E-state index in [0.29, 0.717) is 11.5 Å². The summed E-state index contributed by atoms with van der Waals surface area (Å²) >= 11 is 9.47. The van der Waals surface area contributed by atoms with Gasteiger partial charge in [0.15, 0.2) is 0 Å². The quantitative estimate of drug-likeness (QED) is 0.460. The molecule has 0 fully saturated rings. The maximum absolute atomic E-state index is 5.50. The Morgan fingerprint density at radius 3 is 1.56 bits per heavy atom. The Hall–Kier alpha value is -0.410. The Morgan fingerprint density at radius 1 is 0.778 bits per heavy atom. The standard InChI is InChI=1S/C13H8I2O2S/c14-9-5-1-3-7-11(9)16-13(18)17-12-8-4-2-6-10(12)15/h1-8H. The van der Waals surface area contributed by atoms with E-state index in [9.17, 15) is 0 Å². The van der Waals surface area contributed by atoms with E-state index in [1.54, 1.807) is 0 Å². The summed E-state index contributed by atoms with van der Waals surface area (Å²) in [6.45, 7) is 0. The van der Waals surface area contributed by atoms with Crippen LogP contribution in [0.5, 0.6) is 11.5 Å². The van der Waals surface area contributed by atoms with Gasteiger partial charge in [0.25, 0.3) is 0 Å². The van der Waals surface area contributed by atoms with Gasteiger partial charge >= 0.3 is 5.24 Å². The minimum atomic E-state index is 0.100. The molecule has 2 nitrogen and oxygen atoms in total. The molecule has 0 radical (unpaired) electrons. The zero-order valence-corrected chi connectivity index (χ0v) is 14.2. The highest BCUT2D eigenvalue weighted by Crippen LogP contribution is 2.23. The maximum atomic E-state index is 5.50. The normalized spacial score (nSPS) is 9.89. The summed E-state index contributed by atoms with van der Waals surface area (Å²) in [4.78, 5) is 0. The molecule has 0 atom stereocenters. The monoisotopic (exact) mass is 482 g/mol. The van der Waals surface area contributed by atoms with Crippen LogP contribution < -0.4 is 9.47 Å². The second kappa shape index (κ2) is 6.67. The molecule has 0 N–H and O–H groups in total. The highest BCUT2D eigenvalue weighted by Gasteiger charge is 2.08. The highest BCUT2D eigenvalue weighted by molar-refractivity contribution is 14.1. The lowest BCUT2D eigenvalue weighted by Crippen LogP contribution is -2.14. The molecule has 0 aliphatic heterocycles. The third-order valence-electron chi connectivity index (χ3n) is 2.06. The molecule has 0 bridgehead atoms. The SMILES string of the molecule is S=C(Oc1ccccc1I)Oc1ccccc1I. The number of rotatable bonds is 2. The van der Waals surface area contributed by atoms with Crippen molar-refractivity contribution in [3.63, 3.8) is 0 Å². The number of hydrogen-bond donors (Lipinski definition) is 0. The minimum absolute atomic E-state index is 0.100. The summed E-state index contributed by atoms with van der Waals surface area (Å²) in [5.74, 6) is 1.41. The van der Waals surface area contributed by atoms with Crippen molar-refractivity contribution in [3.05, 3.63) is 55.7 Å². The van der Waals surface area contributed by atoms with Gasteiger partial charge in [0, 0.05) is 12.2 Å². The average Bonchev–Trinajstić information content (AvgIpc) is 2.35. The Balaban J connectivity index is 2.06. The molecular formula is C13H8I2O2S. The fourth-order valence-corrected chi connectivity index (χ4v) is 2.43. The molecule has 0 saturated heterocycles. The molecule has 0 saturated carbocycles. The molecule has 0 aliphatic rings. The number of ether oxygens (including phenoxy) is 2. The van der Waals surface area contributed by atoms with Crippen molar-refractivity contribution in [3.8, 4) is 11.5 Å². The predicted octanol–water partition coefficient (Wildman–Crippen LogP) is 4.64. The lowest BCUT2D eigenvalue weighted by Gasteiger charge is -2.10. The fraction of sp³-hybridized carbons (Fsp3) is 0. The number of benzene rings is 2. The van der Waals surface area contributed by atoms with E-state index < -0.39 is 0 Å². The van der Waals surface area contributed by atoms with Crippen molar-refractivity contribution in [2.45, 2.75) is 0 Å². The molecule has 92 valence electrons. The van der Waals surface area contributed by atoms with Crippen molar-refractivity contribution in [2.75, 3.05) is 0 Å². The molecule has 0 spiro atoms. The van der Waals surface area contributed by atoms with E-state index in [2.05, 4.69) is 45.2 Å². The van der Waals surface area contributed by atoms with Gasteiger partial charge in [0.05, 0.1) is 7.14 Å². The number of para-hydroxylation sites is 2. The Bertz CT molecular complexity index is 523. The first kappa shape index (κ1) is 14.0. The van der Waals surface area contributed by atoms with Crippen LogP contribution in [0.1, 0.15) is 0 Å². The third-order valence-corrected chi connectivity index (χ3v) is 4.01. The van der Waals surface area contributed by atoms with Gasteiger partial charge < -0.3 is 9.47 Å². The fourth-order valence-electron chi connectivity index (χ4n) is 1.26. The second-order valence-corrected chi connectivity index (χ2v) is 5.97. The summed E-state index contributed by atoms with van der Waals surface area (Å²) in [6, 6.07) is 15.3. The first-order valence-electron chi connectivity index (χ1n) is 5.05. The van der Waals surface area contributed by atoms with Crippen LogP contribution in [-0.2, 0) is 0 Å². The van der Waals surface area contributed by atoms with Gasteiger partial charge in [0.1, 0.15) is 11.5 Å². The third kappa shape index (κ3) is 3.79. The molecule has 0 aliphatic carbocycles. The van der Waals surface area contributed by atoms with E-state index in [-0.39, 0.29) is 5.24 Å². The van der Waals surface area contributed by atoms with Gasteiger partial charge in [0.2, 0.25) is 0 Å². The van der Waals surface area contributed by atoms with Crippen molar-refractivity contribution in [2.24, 2.45) is 0 Å². The summed E-state index contributed by atoms with van der Waals surface area (Å²) < 4.78 is 13.0. The van der Waals surface area contributed by atoms with Gasteiger partial charge in [-0.15, -0.1) is 0 Å². The summed E-state index contributed by atoms with van der Waals surface area (Å²) in [7, 11) is 0. The molecule has 18 heavy (non-hydrogen) atoms. The molecule has 2 aromatic rings. The highest BCUT2D eigenvalue weighted by atomic mass is 127. The molecule has 2 aromatic carbocycles.